The van der Waals surface area contributed by atoms with E-state index in [1.807, 2.05) is 26.0 Å². The van der Waals surface area contributed by atoms with Gasteiger partial charge >= 0.3 is 0 Å². The molecule has 0 radical (unpaired) electrons. The van der Waals surface area contributed by atoms with Crippen molar-refractivity contribution >= 4 is 17.3 Å². The zero-order valence-corrected chi connectivity index (χ0v) is 12.9. The van der Waals surface area contributed by atoms with E-state index in [0.29, 0.717) is 24.3 Å². The third-order valence-electron chi connectivity index (χ3n) is 4.09. The number of nitrogens with one attached hydrogen (secondary N) is 1. The Hall–Kier alpha value is -1.59. The maximum Gasteiger partial charge on any atom is 0.238 e. The number of nitrogens with two attached hydrogens (primary N) is 1. The van der Waals surface area contributed by atoms with Crippen LogP contribution in [0.4, 0.5) is 11.4 Å². The summed E-state index contributed by atoms with van der Waals surface area (Å²) < 4.78 is 0. The van der Waals surface area contributed by atoms with Gasteiger partial charge in [-0.15, -0.1) is 0 Å². The molecule has 1 atom stereocenters. The minimum Gasteiger partial charge on any atom is -0.397 e. The quantitative estimate of drug-likeness (QED) is 0.741. The zero-order valence-electron chi connectivity index (χ0n) is 12.9. The van der Waals surface area contributed by atoms with Crippen molar-refractivity contribution in [2.24, 2.45) is 0 Å². The van der Waals surface area contributed by atoms with Crippen LogP contribution < -0.4 is 11.1 Å². The summed E-state index contributed by atoms with van der Waals surface area (Å²) in [6.45, 7) is 5.71. The summed E-state index contributed by atoms with van der Waals surface area (Å²) in [6.07, 6.45) is 2.40. The highest BCUT2D eigenvalue weighted by molar-refractivity contribution is 5.96. The predicted molar refractivity (Wildman–Crippen MR) is 85.1 cm³/mol. The number of nitrogen functional groups attached to an aromatic ring is 1. The lowest BCUT2D eigenvalue weighted by Gasteiger charge is -2.22. The van der Waals surface area contributed by atoms with Crippen LogP contribution in [0.1, 0.15) is 31.7 Å². The summed E-state index contributed by atoms with van der Waals surface area (Å²) in [6, 6.07) is 5.58. The molecule has 0 saturated carbocycles. The molecule has 0 aliphatic carbocycles. The highest BCUT2D eigenvalue weighted by atomic mass is 16.3. The maximum atomic E-state index is 12.2. The minimum atomic E-state index is -0.605. The number of anilines is 2. The Morgan fingerprint density at radius 1 is 1.43 bits per heavy atom. The van der Waals surface area contributed by atoms with E-state index in [4.69, 9.17) is 5.73 Å². The first-order chi connectivity index (χ1) is 9.87. The van der Waals surface area contributed by atoms with Gasteiger partial charge in [0, 0.05) is 6.54 Å². The van der Waals surface area contributed by atoms with Gasteiger partial charge in [0.1, 0.15) is 0 Å². The van der Waals surface area contributed by atoms with Gasteiger partial charge in [-0.25, -0.2) is 0 Å². The summed E-state index contributed by atoms with van der Waals surface area (Å²) >= 11 is 0. The third kappa shape index (κ3) is 4.44. The number of likely N-dealkylation sites (tertiary alicyclic amines) is 1. The summed E-state index contributed by atoms with van der Waals surface area (Å²) in [5, 5.41) is 13.0. The predicted octanol–water partition coefficient (Wildman–Crippen LogP) is 1.75. The first kappa shape index (κ1) is 15.8. The number of carbonyl (C=O) groups excluding carboxylic acids is 1. The lowest BCUT2D eigenvalue weighted by Crippen LogP contribution is -2.35. The summed E-state index contributed by atoms with van der Waals surface area (Å²) in [5.41, 5.74) is 7.54. The first-order valence-electron chi connectivity index (χ1n) is 7.47. The van der Waals surface area contributed by atoms with Gasteiger partial charge in [0.2, 0.25) is 5.91 Å². The maximum absolute atomic E-state index is 12.2. The Bertz CT molecular complexity index is 494. The number of amides is 1. The van der Waals surface area contributed by atoms with Gasteiger partial charge < -0.3 is 16.2 Å². The topological polar surface area (TPSA) is 78.6 Å². The molecule has 1 aliphatic heterocycles. The molecular formula is C16H25N3O2. The number of para-hydroxylation sites is 1. The van der Waals surface area contributed by atoms with Crippen molar-refractivity contribution < 1.29 is 9.90 Å². The van der Waals surface area contributed by atoms with E-state index >= 15 is 0 Å². The molecule has 116 valence electrons. The van der Waals surface area contributed by atoms with Crippen LogP contribution in [-0.2, 0) is 4.79 Å². The van der Waals surface area contributed by atoms with Crippen molar-refractivity contribution in [3.63, 3.8) is 0 Å². The molecule has 1 fully saturated rings. The molecule has 2 rings (SSSR count). The van der Waals surface area contributed by atoms with Gasteiger partial charge in [0.15, 0.2) is 0 Å². The Morgan fingerprint density at radius 2 is 2.19 bits per heavy atom. The first-order valence-corrected chi connectivity index (χ1v) is 7.47. The fourth-order valence-electron chi connectivity index (χ4n) is 2.72. The van der Waals surface area contributed by atoms with Gasteiger partial charge in [-0.3, -0.25) is 9.69 Å². The molecule has 1 amide bonds. The molecule has 5 nitrogen and oxygen atoms in total. The summed E-state index contributed by atoms with van der Waals surface area (Å²) in [5.74, 6) is -0.0578. The Labute approximate surface area is 126 Å². The monoisotopic (exact) mass is 291 g/mol. The van der Waals surface area contributed by atoms with Crippen molar-refractivity contribution in [2.45, 2.75) is 38.7 Å². The Balaban J connectivity index is 1.93. The highest BCUT2D eigenvalue weighted by Gasteiger charge is 2.25. The van der Waals surface area contributed by atoms with E-state index in [2.05, 4.69) is 10.2 Å². The smallest absolute Gasteiger partial charge is 0.238 e. The molecule has 5 heteroatoms. The number of benzene rings is 1. The van der Waals surface area contributed by atoms with E-state index in [9.17, 15) is 9.90 Å². The minimum absolute atomic E-state index is 0.0578. The number of carbonyl (C=O) groups is 1. The molecule has 1 aliphatic rings. The lowest BCUT2D eigenvalue weighted by molar-refractivity contribution is -0.117. The standard InChI is InChI=1S/C16H25N3O2/c1-12-5-3-6-13(17)15(12)18-14(20)11-19-9-4-7-16(2,21)8-10-19/h3,5-6,21H,4,7-11,17H2,1-2H3,(H,18,20). The van der Waals surface area contributed by atoms with Crippen molar-refractivity contribution in [1.29, 1.82) is 0 Å². The van der Waals surface area contributed by atoms with E-state index < -0.39 is 5.60 Å². The summed E-state index contributed by atoms with van der Waals surface area (Å²) in [4.78, 5) is 14.3. The lowest BCUT2D eigenvalue weighted by atomic mass is 9.98. The van der Waals surface area contributed by atoms with E-state index in [1.54, 1.807) is 6.07 Å². The van der Waals surface area contributed by atoms with Crippen LogP contribution >= 0.6 is 0 Å². The number of aryl methyl sites for hydroxylation is 1. The zero-order chi connectivity index (χ0) is 15.5. The van der Waals surface area contributed by atoms with E-state index in [-0.39, 0.29) is 5.91 Å². The average molecular weight is 291 g/mol. The van der Waals surface area contributed by atoms with Crippen LogP contribution in [0.5, 0.6) is 0 Å². The SMILES string of the molecule is Cc1cccc(N)c1NC(=O)CN1CCCC(C)(O)CC1. The molecule has 1 heterocycles. The summed E-state index contributed by atoms with van der Waals surface area (Å²) in [7, 11) is 0. The van der Waals surface area contributed by atoms with E-state index in [1.165, 1.54) is 0 Å². The molecular weight excluding hydrogens is 266 g/mol. The molecule has 1 saturated heterocycles. The molecule has 1 aromatic carbocycles. The Kier molecular flexibility index (Phi) is 4.85. The van der Waals surface area contributed by atoms with Crippen LogP contribution in [0, 0.1) is 6.92 Å². The number of aliphatic hydroxyl groups is 1. The van der Waals surface area contributed by atoms with Crippen molar-refractivity contribution in [2.75, 3.05) is 30.7 Å². The molecule has 0 aromatic heterocycles. The molecule has 1 aromatic rings. The second kappa shape index (κ2) is 6.45. The number of rotatable bonds is 3. The molecule has 1 unspecified atom stereocenters. The number of hydrogen-bond acceptors (Lipinski definition) is 4. The fourth-order valence-corrected chi connectivity index (χ4v) is 2.72. The fraction of sp³-hybridized carbons (Fsp3) is 0.562. The second-order valence-electron chi connectivity index (χ2n) is 6.21. The highest BCUT2D eigenvalue weighted by Crippen LogP contribution is 2.23. The number of hydrogen-bond donors (Lipinski definition) is 3. The van der Waals surface area contributed by atoms with Gasteiger partial charge in [0.25, 0.3) is 0 Å². The second-order valence-corrected chi connectivity index (χ2v) is 6.21. The van der Waals surface area contributed by atoms with Crippen LogP contribution in [0.3, 0.4) is 0 Å². The van der Waals surface area contributed by atoms with Gasteiger partial charge in [0.05, 0.1) is 23.5 Å². The number of nitrogens with zero attached hydrogens (tertiary/aromatic N) is 1. The van der Waals surface area contributed by atoms with E-state index in [0.717, 1.165) is 31.5 Å². The van der Waals surface area contributed by atoms with Gasteiger partial charge in [-0.05, 0) is 51.3 Å². The van der Waals surface area contributed by atoms with Crippen LogP contribution in [0.15, 0.2) is 18.2 Å². The largest absolute Gasteiger partial charge is 0.397 e. The normalized spacial score (nSPS) is 23.6. The van der Waals surface area contributed by atoms with Gasteiger partial charge in [-0.1, -0.05) is 12.1 Å². The molecule has 0 bridgehead atoms. The molecule has 21 heavy (non-hydrogen) atoms. The van der Waals surface area contributed by atoms with Crippen LogP contribution in [0.2, 0.25) is 0 Å². The van der Waals surface area contributed by atoms with Crippen molar-refractivity contribution in [3.05, 3.63) is 23.8 Å². The molecule has 0 spiro atoms. The van der Waals surface area contributed by atoms with Crippen LogP contribution in [0.25, 0.3) is 0 Å². The van der Waals surface area contributed by atoms with Gasteiger partial charge in [-0.2, -0.15) is 0 Å². The van der Waals surface area contributed by atoms with Crippen molar-refractivity contribution in [1.82, 2.24) is 4.90 Å². The third-order valence-corrected chi connectivity index (χ3v) is 4.09. The Morgan fingerprint density at radius 3 is 2.90 bits per heavy atom. The van der Waals surface area contributed by atoms with Crippen molar-refractivity contribution in [3.8, 4) is 0 Å². The van der Waals surface area contributed by atoms with Crippen LogP contribution in [-0.4, -0.2) is 41.1 Å². The average Bonchev–Trinajstić information content (AvgIpc) is 2.56. The molecule has 4 N–H and O–H groups in total.